The predicted octanol–water partition coefficient (Wildman–Crippen LogP) is 1.96. The normalized spacial score (nSPS) is 20.0. The largest absolute Gasteiger partial charge is 0.376 e. The summed E-state index contributed by atoms with van der Waals surface area (Å²) in [6, 6.07) is 5.09. The highest BCUT2D eigenvalue weighted by molar-refractivity contribution is 6.30. The predicted molar refractivity (Wildman–Crippen MR) is 81.8 cm³/mol. The van der Waals surface area contributed by atoms with E-state index in [0.29, 0.717) is 17.2 Å². The highest BCUT2D eigenvalue weighted by Crippen LogP contribution is 2.12. The van der Waals surface area contributed by atoms with Gasteiger partial charge >= 0.3 is 0 Å². The molecule has 112 valence electrons. The summed E-state index contributed by atoms with van der Waals surface area (Å²) < 4.78 is 7.13. The number of rotatable bonds is 3. The molecule has 1 fully saturated rings. The van der Waals surface area contributed by atoms with Crippen molar-refractivity contribution in [1.29, 1.82) is 0 Å². The van der Waals surface area contributed by atoms with Crippen LogP contribution in [0.3, 0.4) is 0 Å². The van der Waals surface area contributed by atoms with E-state index in [4.69, 9.17) is 16.3 Å². The molecule has 2 aromatic rings. The molecule has 0 bridgehead atoms. The standard InChI is InChI=1S/C15H18ClN3O2/c1-2-13-10-18(5-6-21-13)9-12-7-15(20)19-8-11(16)3-4-14(19)17-12/h3-4,7-8,13H,2,5-6,9-10H2,1H3/t13-/m1/s1. The van der Waals surface area contributed by atoms with Crippen LogP contribution in [0.25, 0.3) is 5.65 Å². The first-order chi connectivity index (χ1) is 10.2. The molecule has 0 amide bonds. The zero-order valence-corrected chi connectivity index (χ0v) is 12.7. The molecule has 0 aromatic carbocycles. The Labute approximate surface area is 128 Å². The summed E-state index contributed by atoms with van der Waals surface area (Å²) in [6.07, 6.45) is 2.87. The SMILES string of the molecule is CC[C@@H]1CN(Cc2cc(=O)n3cc(Cl)ccc3n2)CCO1. The van der Waals surface area contributed by atoms with Gasteiger partial charge in [-0.1, -0.05) is 18.5 Å². The fourth-order valence-corrected chi connectivity index (χ4v) is 2.77. The van der Waals surface area contributed by atoms with Crippen LogP contribution >= 0.6 is 11.6 Å². The Hall–Kier alpha value is -1.43. The lowest BCUT2D eigenvalue weighted by atomic mass is 10.2. The third kappa shape index (κ3) is 3.26. The fourth-order valence-electron chi connectivity index (χ4n) is 2.61. The van der Waals surface area contributed by atoms with Gasteiger partial charge in [0, 0.05) is 31.9 Å². The zero-order chi connectivity index (χ0) is 14.8. The van der Waals surface area contributed by atoms with Crippen molar-refractivity contribution < 1.29 is 4.74 Å². The van der Waals surface area contributed by atoms with Crippen molar-refractivity contribution in [1.82, 2.24) is 14.3 Å². The summed E-state index contributed by atoms with van der Waals surface area (Å²) in [5, 5.41) is 0.526. The maximum absolute atomic E-state index is 12.1. The van der Waals surface area contributed by atoms with Crippen LogP contribution < -0.4 is 5.56 Å². The molecule has 0 saturated carbocycles. The molecule has 2 aromatic heterocycles. The molecule has 1 aliphatic heterocycles. The Morgan fingerprint density at radius 2 is 2.33 bits per heavy atom. The van der Waals surface area contributed by atoms with Gasteiger partial charge in [0.1, 0.15) is 5.65 Å². The lowest BCUT2D eigenvalue weighted by Gasteiger charge is -2.32. The number of fused-ring (bicyclic) bond motifs is 1. The van der Waals surface area contributed by atoms with Gasteiger partial charge in [0.2, 0.25) is 0 Å². The number of halogens is 1. The minimum absolute atomic E-state index is 0.0993. The average Bonchev–Trinajstić information content (AvgIpc) is 2.48. The molecule has 1 aliphatic rings. The minimum Gasteiger partial charge on any atom is -0.376 e. The number of pyridine rings is 1. The summed E-state index contributed by atoms with van der Waals surface area (Å²) in [5.74, 6) is 0. The molecule has 21 heavy (non-hydrogen) atoms. The summed E-state index contributed by atoms with van der Waals surface area (Å²) >= 11 is 5.91. The Bertz CT molecular complexity index is 701. The monoisotopic (exact) mass is 307 g/mol. The highest BCUT2D eigenvalue weighted by Gasteiger charge is 2.19. The number of hydrogen-bond acceptors (Lipinski definition) is 4. The number of nitrogens with zero attached hydrogens (tertiary/aromatic N) is 3. The molecular formula is C15H18ClN3O2. The van der Waals surface area contributed by atoms with Crippen LogP contribution in [-0.4, -0.2) is 40.1 Å². The van der Waals surface area contributed by atoms with Gasteiger partial charge in [-0.05, 0) is 18.6 Å². The van der Waals surface area contributed by atoms with E-state index in [1.54, 1.807) is 24.4 Å². The van der Waals surface area contributed by atoms with Crippen molar-refractivity contribution in [3.8, 4) is 0 Å². The fraction of sp³-hybridized carbons (Fsp3) is 0.467. The molecule has 0 spiro atoms. The van der Waals surface area contributed by atoms with E-state index in [1.807, 2.05) is 0 Å². The van der Waals surface area contributed by atoms with Gasteiger partial charge in [-0.3, -0.25) is 14.1 Å². The van der Waals surface area contributed by atoms with Crippen LogP contribution in [-0.2, 0) is 11.3 Å². The average molecular weight is 308 g/mol. The van der Waals surface area contributed by atoms with Gasteiger partial charge in [-0.2, -0.15) is 0 Å². The molecule has 3 heterocycles. The van der Waals surface area contributed by atoms with Crippen molar-refractivity contribution in [3.05, 3.63) is 45.5 Å². The van der Waals surface area contributed by atoms with Gasteiger partial charge in [-0.15, -0.1) is 0 Å². The first kappa shape index (κ1) is 14.5. The molecule has 3 rings (SSSR count). The van der Waals surface area contributed by atoms with Crippen LogP contribution in [0.5, 0.6) is 0 Å². The van der Waals surface area contributed by atoms with Gasteiger partial charge in [0.25, 0.3) is 5.56 Å². The second kappa shape index (κ2) is 6.13. The summed E-state index contributed by atoms with van der Waals surface area (Å²) in [4.78, 5) is 19.0. The van der Waals surface area contributed by atoms with Gasteiger partial charge < -0.3 is 4.74 Å². The van der Waals surface area contributed by atoms with E-state index < -0.39 is 0 Å². The van der Waals surface area contributed by atoms with Crippen LogP contribution in [0.15, 0.2) is 29.2 Å². The molecule has 1 saturated heterocycles. The molecule has 0 radical (unpaired) electrons. The second-order valence-electron chi connectivity index (χ2n) is 5.30. The van der Waals surface area contributed by atoms with Gasteiger partial charge in [0.05, 0.1) is 23.4 Å². The van der Waals surface area contributed by atoms with Crippen molar-refractivity contribution >= 4 is 17.2 Å². The van der Waals surface area contributed by atoms with E-state index >= 15 is 0 Å². The van der Waals surface area contributed by atoms with Crippen LogP contribution in [0, 0.1) is 0 Å². The van der Waals surface area contributed by atoms with Gasteiger partial charge in [0.15, 0.2) is 0 Å². The van der Waals surface area contributed by atoms with Crippen molar-refractivity contribution in [2.45, 2.75) is 26.0 Å². The lowest BCUT2D eigenvalue weighted by Crippen LogP contribution is -2.41. The van der Waals surface area contributed by atoms with E-state index in [1.165, 1.54) is 4.40 Å². The Morgan fingerprint density at radius 1 is 1.48 bits per heavy atom. The van der Waals surface area contributed by atoms with E-state index in [9.17, 15) is 4.79 Å². The maximum Gasteiger partial charge on any atom is 0.258 e. The van der Waals surface area contributed by atoms with Crippen molar-refractivity contribution in [3.63, 3.8) is 0 Å². The zero-order valence-electron chi connectivity index (χ0n) is 12.0. The number of morpholine rings is 1. The summed E-state index contributed by atoms with van der Waals surface area (Å²) in [5.41, 5.74) is 1.32. The molecule has 0 unspecified atom stereocenters. The van der Waals surface area contributed by atoms with Crippen LogP contribution in [0.4, 0.5) is 0 Å². The molecule has 0 aliphatic carbocycles. The molecule has 1 atom stereocenters. The van der Waals surface area contributed by atoms with Crippen LogP contribution in [0.2, 0.25) is 5.02 Å². The Morgan fingerprint density at radius 3 is 3.14 bits per heavy atom. The Balaban J connectivity index is 1.84. The summed E-state index contributed by atoms with van der Waals surface area (Å²) in [7, 11) is 0. The van der Waals surface area contributed by atoms with E-state index in [-0.39, 0.29) is 11.7 Å². The van der Waals surface area contributed by atoms with Crippen molar-refractivity contribution in [2.75, 3.05) is 19.7 Å². The first-order valence-corrected chi connectivity index (χ1v) is 7.55. The molecule has 0 N–H and O–H groups in total. The van der Waals surface area contributed by atoms with E-state index in [0.717, 1.165) is 31.8 Å². The smallest absolute Gasteiger partial charge is 0.258 e. The minimum atomic E-state index is -0.0993. The van der Waals surface area contributed by atoms with E-state index in [2.05, 4.69) is 16.8 Å². The van der Waals surface area contributed by atoms with Gasteiger partial charge in [-0.25, -0.2) is 4.98 Å². The number of aromatic nitrogens is 2. The molecule has 6 heteroatoms. The maximum atomic E-state index is 12.1. The lowest BCUT2D eigenvalue weighted by molar-refractivity contribution is -0.0328. The molecular weight excluding hydrogens is 290 g/mol. The van der Waals surface area contributed by atoms with Crippen molar-refractivity contribution in [2.24, 2.45) is 0 Å². The third-order valence-electron chi connectivity index (χ3n) is 3.74. The quantitative estimate of drug-likeness (QED) is 0.869. The second-order valence-corrected chi connectivity index (χ2v) is 5.73. The highest BCUT2D eigenvalue weighted by atomic mass is 35.5. The third-order valence-corrected chi connectivity index (χ3v) is 3.96. The van der Waals surface area contributed by atoms with Crippen LogP contribution in [0.1, 0.15) is 19.0 Å². The topological polar surface area (TPSA) is 46.8 Å². The summed E-state index contributed by atoms with van der Waals surface area (Å²) in [6.45, 7) is 5.30. The Kier molecular flexibility index (Phi) is 4.24. The first-order valence-electron chi connectivity index (χ1n) is 7.17. The number of hydrogen-bond donors (Lipinski definition) is 0. The molecule has 5 nitrogen and oxygen atoms in total. The number of ether oxygens (including phenoxy) is 1.